The van der Waals surface area contributed by atoms with Gasteiger partial charge in [0.25, 0.3) is 5.91 Å². The molecule has 118 valence electrons. The predicted molar refractivity (Wildman–Crippen MR) is 94.5 cm³/mol. The summed E-state index contributed by atoms with van der Waals surface area (Å²) >= 11 is 1.51. The Labute approximate surface area is 142 Å². The SMILES string of the molecule is O=C(Nc1ccc(Cc2nnc3ccccn23)cc1)c1ccsc1. The summed E-state index contributed by atoms with van der Waals surface area (Å²) in [5, 5.41) is 15.0. The summed E-state index contributed by atoms with van der Waals surface area (Å²) in [6, 6.07) is 15.4. The number of carbonyl (C=O) groups is 1. The van der Waals surface area contributed by atoms with Gasteiger partial charge in [0.2, 0.25) is 0 Å². The van der Waals surface area contributed by atoms with Crippen LogP contribution in [0.1, 0.15) is 21.7 Å². The summed E-state index contributed by atoms with van der Waals surface area (Å²) in [5.74, 6) is 0.799. The van der Waals surface area contributed by atoms with Gasteiger partial charge in [0.1, 0.15) is 5.82 Å². The molecule has 0 aliphatic rings. The number of nitrogens with one attached hydrogen (secondary N) is 1. The normalized spacial score (nSPS) is 10.8. The van der Waals surface area contributed by atoms with Gasteiger partial charge in [-0.3, -0.25) is 9.20 Å². The summed E-state index contributed by atoms with van der Waals surface area (Å²) in [5.41, 5.74) is 3.41. The Morgan fingerprint density at radius 3 is 2.75 bits per heavy atom. The number of benzene rings is 1. The molecule has 0 spiro atoms. The molecule has 0 aliphatic heterocycles. The number of carbonyl (C=O) groups excluding carboxylic acids is 1. The molecule has 0 bridgehead atoms. The van der Waals surface area contributed by atoms with Gasteiger partial charge in [0.05, 0.1) is 5.56 Å². The predicted octanol–water partition coefficient (Wildman–Crippen LogP) is 3.63. The lowest BCUT2D eigenvalue weighted by Gasteiger charge is -2.05. The van der Waals surface area contributed by atoms with Crippen molar-refractivity contribution in [3.05, 3.63) is 82.4 Å². The first-order valence-corrected chi connectivity index (χ1v) is 8.45. The van der Waals surface area contributed by atoms with E-state index in [1.165, 1.54) is 11.3 Å². The fourth-order valence-electron chi connectivity index (χ4n) is 2.50. The van der Waals surface area contributed by atoms with Crippen molar-refractivity contribution in [1.29, 1.82) is 0 Å². The summed E-state index contributed by atoms with van der Waals surface area (Å²) < 4.78 is 1.98. The Bertz CT molecular complexity index is 974. The molecule has 0 radical (unpaired) electrons. The lowest BCUT2D eigenvalue weighted by molar-refractivity contribution is 0.102. The molecular weight excluding hydrogens is 320 g/mol. The zero-order valence-corrected chi connectivity index (χ0v) is 13.5. The van der Waals surface area contributed by atoms with E-state index in [1.807, 2.05) is 69.9 Å². The molecule has 5 nitrogen and oxygen atoms in total. The van der Waals surface area contributed by atoms with Crippen molar-refractivity contribution < 1.29 is 4.79 Å². The first-order valence-electron chi connectivity index (χ1n) is 7.51. The molecule has 0 saturated heterocycles. The molecule has 1 amide bonds. The van der Waals surface area contributed by atoms with Crippen LogP contribution in [0, 0.1) is 0 Å². The average molecular weight is 334 g/mol. The minimum absolute atomic E-state index is 0.0903. The van der Waals surface area contributed by atoms with Crippen LogP contribution < -0.4 is 5.32 Å². The second-order valence-corrected chi connectivity index (χ2v) is 6.16. The van der Waals surface area contributed by atoms with E-state index < -0.39 is 0 Å². The summed E-state index contributed by atoms with van der Waals surface area (Å²) in [4.78, 5) is 12.0. The van der Waals surface area contributed by atoms with Gasteiger partial charge in [-0.1, -0.05) is 18.2 Å². The third-order valence-corrected chi connectivity index (χ3v) is 4.42. The molecule has 0 saturated carbocycles. The van der Waals surface area contributed by atoms with Crippen LogP contribution in [0.5, 0.6) is 0 Å². The van der Waals surface area contributed by atoms with E-state index >= 15 is 0 Å². The van der Waals surface area contributed by atoms with Crippen LogP contribution in [-0.4, -0.2) is 20.5 Å². The molecule has 3 heterocycles. The average Bonchev–Trinajstić information content (AvgIpc) is 3.27. The molecule has 4 rings (SSSR count). The smallest absolute Gasteiger partial charge is 0.256 e. The number of hydrogen-bond donors (Lipinski definition) is 1. The van der Waals surface area contributed by atoms with Crippen LogP contribution in [0.2, 0.25) is 0 Å². The molecular formula is C18H14N4OS. The van der Waals surface area contributed by atoms with Crippen molar-refractivity contribution in [1.82, 2.24) is 14.6 Å². The Balaban J connectivity index is 1.49. The lowest BCUT2D eigenvalue weighted by Crippen LogP contribution is -2.10. The second-order valence-electron chi connectivity index (χ2n) is 5.38. The minimum Gasteiger partial charge on any atom is -0.322 e. The number of anilines is 1. The number of hydrogen-bond acceptors (Lipinski definition) is 4. The summed E-state index contributed by atoms with van der Waals surface area (Å²) in [6.45, 7) is 0. The molecule has 0 atom stereocenters. The van der Waals surface area contributed by atoms with Crippen LogP contribution in [-0.2, 0) is 6.42 Å². The van der Waals surface area contributed by atoms with Gasteiger partial charge in [-0.05, 0) is 41.3 Å². The van der Waals surface area contributed by atoms with Crippen molar-refractivity contribution in [3.8, 4) is 0 Å². The number of amides is 1. The van der Waals surface area contributed by atoms with Crippen molar-refractivity contribution >= 4 is 28.6 Å². The molecule has 6 heteroatoms. The minimum atomic E-state index is -0.0903. The van der Waals surface area contributed by atoms with Gasteiger partial charge in [-0.2, -0.15) is 11.3 Å². The van der Waals surface area contributed by atoms with Gasteiger partial charge in [0.15, 0.2) is 5.65 Å². The van der Waals surface area contributed by atoms with E-state index in [0.29, 0.717) is 12.0 Å². The van der Waals surface area contributed by atoms with Gasteiger partial charge >= 0.3 is 0 Å². The highest BCUT2D eigenvalue weighted by Gasteiger charge is 2.08. The highest BCUT2D eigenvalue weighted by molar-refractivity contribution is 7.08. The topological polar surface area (TPSA) is 59.3 Å². The zero-order chi connectivity index (χ0) is 16.4. The van der Waals surface area contributed by atoms with Crippen molar-refractivity contribution in [2.24, 2.45) is 0 Å². The zero-order valence-electron chi connectivity index (χ0n) is 12.7. The van der Waals surface area contributed by atoms with Gasteiger partial charge in [-0.25, -0.2) is 0 Å². The monoisotopic (exact) mass is 334 g/mol. The molecule has 24 heavy (non-hydrogen) atoms. The molecule has 3 aromatic heterocycles. The standard InChI is InChI=1S/C18H14N4OS/c23-18(14-8-10-24-12-14)19-15-6-4-13(5-7-15)11-17-21-20-16-3-1-2-9-22(16)17/h1-10,12H,11H2,(H,19,23). The maximum absolute atomic E-state index is 12.0. The number of thiophene rings is 1. The fraction of sp³-hybridized carbons (Fsp3) is 0.0556. The van der Waals surface area contributed by atoms with E-state index in [-0.39, 0.29) is 5.91 Å². The van der Waals surface area contributed by atoms with E-state index in [0.717, 1.165) is 22.7 Å². The van der Waals surface area contributed by atoms with Crippen LogP contribution in [0.3, 0.4) is 0 Å². The van der Waals surface area contributed by atoms with Gasteiger partial charge < -0.3 is 5.32 Å². The van der Waals surface area contributed by atoms with Crippen LogP contribution in [0.4, 0.5) is 5.69 Å². The molecule has 0 fully saturated rings. The largest absolute Gasteiger partial charge is 0.322 e. The number of rotatable bonds is 4. The third kappa shape index (κ3) is 2.91. The Morgan fingerprint density at radius 1 is 1.08 bits per heavy atom. The fourth-order valence-corrected chi connectivity index (χ4v) is 3.13. The molecule has 1 aromatic carbocycles. The highest BCUT2D eigenvalue weighted by Crippen LogP contribution is 2.15. The lowest BCUT2D eigenvalue weighted by atomic mass is 10.1. The molecule has 0 unspecified atom stereocenters. The van der Waals surface area contributed by atoms with Crippen LogP contribution in [0.15, 0.2) is 65.5 Å². The first kappa shape index (κ1) is 14.6. The second kappa shape index (κ2) is 6.25. The van der Waals surface area contributed by atoms with E-state index in [2.05, 4.69) is 15.5 Å². The van der Waals surface area contributed by atoms with Crippen molar-refractivity contribution in [2.45, 2.75) is 6.42 Å². The maximum atomic E-state index is 12.0. The Hall–Kier alpha value is -2.99. The van der Waals surface area contributed by atoms with E-state index in [1.54, 1.807) is 0 Å². The third-order valence-electron chi connectivity index (χ3n) is 3.74. The Morgan fingerprint density at radius 2 is 1.96 bits per heavy atom. The maximum Gasteiger partial charge on any atom is 0.256 e. The number of pyridine rings is 1. The number of aromatic nitrogens is 3. The summed E-state index contributed by atoms with van der Waals surface area (Å²) in [7, 11) is 0. The van der Waals surface area contributed by atoms with Crippen LogP contribution >= 0.6 is 11.3 Å². The van der Waals surface area contributed by atoms with Gasteiger partial charge in [-0.15, -0.1) is 10.2 Å². The quantitative estimate of drug-likeness (QED) is 0.620. The highest BCUT2D eigenvalue weighted by atomic mass is 32.1. The number of fused-ring (bicyclic) bond motifs is 1. The Kier molecular flexibility index (Phi) is 3.80. The van der Waals surface area contributed by atoms with E-state index in [9.17, 15) is 4.79 Å². The summed E-state index contributed by atoms with van der Waals surface area (Å²) in [6.07, 6.45) is 2.64. The van der Waals surface area contributed by atoms with Gasteiger partial charge in [0, 0.05) is 23.7 Å². The first-order chi connectivity index (χ1) is 11.8. The molecule has 4 aromatic rings. The van der Waals surface area contributed by atoms with Crippen molar-refractivity contribution in [3.63, 3.8) is 0 Å². The van der Waals surface area contributed by atoms with Crippen molar-refractivity contribution in [2.75, 3.05) is 5.32 Å². The van der Waals surface area contributed by atoms with E-state index in [4.69, 9.17) is 0 Å². The number of nitrogens with zero attached hydrogens (tertiary/aromatic N) is 3. The van der Waals surface area contributed by atoms with Crippen LogP contribution in [0.25, 0.3) is 5.65 Å². The molecule has 0 aliphatic carbocycles. The molecule has 1 N–H and O–H groups in total.